The molecule has 0 amide bonds. The van der Waals surface area contributed by atoms with Crippen molar-refractivity contribution in [1.29, 1.82) is 0 Å². The summed E-state index contributed by atoms with van der Waals surface area (Å²) >= 11 is 0. The molecule has 2 heterocycles. The van der Waals surface area contributed by atoms with Crippen molar-refractivity contribution >= 4 is 12.2 Å². The van der Waals surface area contributed by atoms with Crippen molar-refractivity contribution < 1.29 is 9.84 Å². The van der Waals surface area contributed by atoms with E-state index in [1.54, 1.807) is 18.5 Å². The first kappa shape index (κ1) is 21.6. The van der Waals surface area contributed by atoms with Gasteiger partial charge in [-0.2, -0.15) is 0 Å². The largest absolute Gasteiger partial charge is 0.506 e. The van der Waals surface area contributed by atoms with Gasteiger partial charge < -0.3 is 20.5 Å². The second-order valence-corrected chi connectivity index (χ2v) is 6.69. The van der Waals surface area contributed by atoms with Gasteiger partial charge in [-0.15, -0.1) is 0 Å². The van der Waals surface area contributed by atoms with Crippen molar-refractivity contribution in [3.63, 3.8) is 0 Å². The molecule has 0 spiro atoms. The first-order valence-corrected chi connectivity index (χ1v) is 9.50. The van der Waals surface area contributed by atoms with Crippen molar-refractivity contribution in [2.24, 2.45) is 0 Å². The van der Waals surface area contributed by atoms with Crippen molar-refractivity contribution in [2.75, 3.05) is 20.7 Å². The fourth-order valence-electron chi connectivity index (χ4n) is 2.50. The van der Waals surface area contributed by atoms with Gasteiger partial charge in [-0.3, -0.25) is 9.97 Å². The highest BCUT2D eigenvalue weighted by Crippen LogP contribution is 2.14. The molecule has 0 radical (unpaired) electrons. The highest BCUT2D eigenvalue weighted by atomic mass is 16.5. The van der Waals surface area contributed by atoms with Gasteiger partial charge >= 0.3 is 0 Å². The van der Waals surface area contributed by atoms with Crippen LogP contribution in [0, 0.1) is 0 Å². The summed E-state index contributed by atoms with van der Waals surface area (Å²) in [5.74, 6) is 0.919. The van der Waals surface area contributed by atoms with Crippen molar-refractivity contribution in [1.82, 2.24) is 20.6 Å². The number of aromatic hydroxyl groups is 1. The minimum absolute atomic E-state index is 0.164. The van der Waals surface area contributed by atoms with Crippen LogP contribution < -0.4 is 15.4 Å². The maximum absolute atomic E-state index is 9.45. The van der Waals surface area contributed by atoms with Crippen LogP contribution in [0.25, 0.3) is 12.2 Å². The lowest BCUT2D eigenvalue weighted by atomic mass is 10.1. The van der Waals surface area contributed by atoms with Crippen LogP contribution in [0.4, 0.5) is 0 Å². The lowest BCUT2D eigenvalue weighted by Crippen LogP contribution is -2.31. The van der Waals surface area contributed by atoms with Crippen LogP contribution in [0.15, 0.2) is 49.1 Å². The molecule has 2 rings (SSSR count). The zero-order valence-electron chi connectivity index (χ0n) is 16.8. The minimum atomic E-state index is 0.164. The van der Waals surface area contributed by atoms with Crippen LogP contribution in [0.3, 0.4) is 0 Å². The third kappa shape index (κ3) is 7.90. The SMILES string of the molecule is CNC(C)C/C=C/c1cncc(OCC(C/C=C/c2cncc(O)c2)NC)c1. The van der Waals surface area contributed by atoms with Gasteiger partial charge in [0.05, 0.1) is 12.4 Å². The molecule has 0 fully saturated rings. The first-order valence-electron chi connectivity index (χ1n) is 9.50. The lowest BCUT2D eigenvalue weighted by molar-refractivity contribution is 0.270. The molecule has 0 bridgehead atoms. The number of likely N-dealkylation sites (N-methyl/N-ethyl adjacent to an activating group) is 1. The Balaban J connectivity index is 1.84. The zero-order valence-corrected chi connectivity index (χ0v) is 16.8. The van der Waals surface area contributed by atoms with E-state index >= 15 is 0 Å². The van der Waals surface area contributed by atoms with E-state index in [0.717, 1.165) is 29.7 Å². The molecule has 2 aromatic rings. The predicted molar refractivity (Wildman–Crippen MR) is 114 cm³/mol. The summed E-state index contributed by atoms with van der Waals surface area (Å²) in [5.41, 5.74) is 1.89. The van der Waals surface area contributed by atoms with E-state index in [1.807, 2.05) is 38.5 Å². The standard InChI is InChI=1S/C22H30N4O2/c1-17(23-2)6-4-7-19-11-22(15-26-13-19)28-16-20(24-3)9-5-8-18-10-21(27)14-25-12-18/h4-5,7-8,10-15,17,20,23-24,27H,6,9,16H2,1-3H3/b7-4+,8-5+. The van der Waals surface area contributed by atoms with Gasteiger partial charge in [-0.25, -0.2) is 0 Å². The Morgan fingerprint density at radius 3 is 2.32 bits per heavy atom. The monoisotopic (exact) mass is 382 g/mol. The average Bonchev–Trinajstić information content (AvgIpc) is 2.70. The summed E-state index contributed by atoms with van der Waals surface area (Å²) in [7, 11) is 3.88. The molecule has 2 unspecified atom stereocenters. The van der Waals surface area contributed by atoms with E-state index in [0.29, 0.717) is 12.6 Å². The van der Waals surface area contributed by atoms with Crippen molar-refractivity contribution in [3.8, 4) is 11.5 Å². The van der Waals surface area contributed by atoms with Crippen LogP contribution in [-0.2, 0) is 0 Å². The van der Waals surface area contributed by atoms with E-state index in [2.05, 4.69) is 39.7 Å². The lowest BCUT2D eigenvalue weighted by Gasteiger charge is -2.15. The third-order valence-corrected chi connectivity index (χ3v) is 4.36. The quantitative estimate of drug-likeness (QED) is 0.554. The van der Waals surface area contributed by atoms with Crippen molar-refractivity contribution in [2.45, 2.75) is 31.8 Å². The molecule has 0 saturated heterocycles. The third-order valence-electron chi connectivity index (χ3n) is 4.36. The molecule has 0 aromatic carbocycles. The van der Waals surface area contributed by atoms with E-state index in [9.17, 15) is 5.11 Å². The van der Waals surface area contributed by atoms with Gasteiger partial charge in [-0.1, -0.05) is 24.3 Å². The molecule has 0 aliphatic rings. The molecule has 0 saturated carbocycles. The van der Waals surface area contributed by atoms with Crippen LogP contribution in [-0.4, -0.2) is 47.9 Å². The van der Waals surface area contributed by atoms with E-state index in [-0.39, 0.29) is 11.8 Å². The van der Waals surface area contributed by atoms with Gasteiger partial charge in [0.15, 0.2) is 0 Å². The summed E-state index contributed by atoms with van der Waals surface area (Å²) < 4.78 is 5.91. The van der Waals surface area contributed by atoms with Gasteiger partial charge in [0.2, 0.25) is 0 Å². The second kappa shape index (κ2) is 11.9. The Kier molecular flexibility index (Phi) is 9.18. The zero-order chi connectivity index (χ0) is 20.2. The Morgan fingerprint density at radius 1 is 0.964 bits per heavy atom. The number of pyridine rings is 2. The molecule has 6 nitrogen and oxygen atoms in total. The number of hydrogen-bond acceptors (Lipinski definition) is 6. The number of hydrogen-bond donors (Lipinski definition) is 3. The van der Waals surface area contributed by atoms with Gasteiger partial charge in [0.1, 0.15) is 18.1 Å². The van der Waals surface area contributed by atoms with Gasteiger partial charge in [0, 0.05) is 24.5 Å². The minimum Gasteiger partial charge on any atom is -0.506 e. The second-order valence-electron chi connectivity index (χ2n) is 6.69. The molecule has 2 atom stereocenters. The van der Waals surface area contributed by atoms with Crippen molar-refractivity contribution in [3.05, 3.63) is 60.2 Å². The summed E-state index contributed by atoms with van der Waals surface area (Å²) in [6.45, 7) is 2.68. The van der Waals surface area contributed by atoms with E-state index < -0.39 is 0 Å². The Morgan fingerprint density at radius 2 is 1.64 bits per heavy atom. The predicted octanol–water partition coefficient (Wildman–Crippen LogP) is 3.26. The Bertz CT molecular complexity index is 777. The topological polar surface area (TPSA) is 79.3 Å². The number of rotatable bonds is 11. The Hall–Kier alpha value is -2.70. The van der Waals surface area contributed by atoms with Gasteiger partial charge in [-0.05, 0) is 57.1 Å². The fourth-order valence-corrected chi connectivity index (χ4v) is 2.50. The van der Waals surface area contributed by atoms with Gasteiger partial charge in [0.25, 0.3) is 0 Å². The normalized spacial score (nSPS) is 13.8. The molecular formula is C22H30N4O2. The first-order chi connectivity index (χ1) is 13.6. The smallest absolute Gasteiger partial charge is 0.138 e. The summed E-state index contributed by atoms with van der Waals surface area (Å²) in [6, 6.07) is 4.28. The molecule has 28 heavy (non-hydrogen) atoms. The Labute approximate surface area is 167 Å². The molecule has 2 aromatic heterocycles. The maximum atomic E-state index is 9.45. The average molecular weight is 383 g/mol. The number of aromatic nitrogens is 2. The number of nitrogens with one attached hydrogen (secondary N) is 2. The highest BCUT2D eigenvalue weighted by Gasteiger charge is 2.06. The number of nitrogens with zero attached hydrogens (tertiary/aromatic N) is 2. The molecule has 0 aliphatic heterocycles. The molecular weight excluding hydrogens is 352 g/mol. The molecule has 6 heteroatoms. The van der Waals surface area contributed by atoms with E-state index in [4.69, 9.17) is 4.74 Å². The van der Waals surface area contributed by atoms with Crippen LogP contribution >= 0.6 is 0 Å². The molecule has 0 aliphatic carbocycles. The van der Waals surface area contributed by atoms with Crippen LogP contribution in [0.1, 0.15) is 30.9 Å². The van der Waals surface area contributed by atoms with Crippen LogP contribution in [0.2, 0.25) is 0 Å². The fraction of sp³-hybridized carbons (Fsp3) is 0.364. The molecule has 3 N–H and O–H groups in total. The van der Waals surface area contributed by atoms with E-state index in [1.165, 1.54) is 6.20 Å². The summed E-state index contributed by atoms with van der Waals surface area (Å²) in [5, 5.41) is 15.9. The summed E-state index contributed by atoms with van der Waals surface area (Å²) in [6.07, 6.45) is 16.6. The highest BCUT2D eigenvalue weighted by molar-refractivity contribution is 5.50. The van der Waals surface area contributed by atoms with Crippen LogP contribution in [0.5, 0.6) is 11.5 Å². The molecule has 150 valence electrons. The number of ether oxygens (including phenoxy) is 1. The summed E-state index contributed by atoms with van der Waals surface area (Å²) in [4.78, 5) is 8.22. The maximum Gasteiger partial charge on any atom is 0.138 e.